The van der Waals surface area contributed by atoms with Gasteiger partial charge in [-0.25, -0.2) is 0 Å². The van der Waals surface area contributed by atoms with Crippen LogP contribution in [0.25, 0.3) is 0 Å². The van der Waals surface area contributed by atoms with Gasteiger partial charge in [0.25, 0.3) is 0 Å². The molecule has 0 aliphatic rings. The van der Waals surface area contributed by atoms with Crippen molar-refractivity contribution in [2.75, 3.05) is 13.2 Å². The number of hydrogen-bond acceptors (Lipinski definition) is 5. The number of carbonyl (C=O) groups is 2. The number of amides is 1. The Balaban J connectivity index is 3.36. The lowest BCUT2D eigenvalue weighted by molar-refractivity contribution is -0.143. The fraction of sp³-hybridized carbons (Fsp3) is 0.942. The molecule has 3 N–H and O–H groups in total. The first-order chi connectivity index (χ1) is 37.0. The van der Waals surface area contributed by atoms with E-state index in [1.165, 1.54) is 327 Å². The van der Waals surface area contributed by atoms with Crippen molar-refractivity contribution in [3.05, 3.63) is 12.2 Å². The summed E-state index contributed by atoms with van der Waals surface area (Å²) in [5.74, 6) is -0.0419. The summed E-state index contributed by atoms with van der Waals surface area (Å²) in [5.41, 5.74) is 0. The predicted octanol–water partition coefficient (Wildman–Crippen LogP) is 22.0. The minimum absolute atomic E-state index is 0.0200. The van der Waals surface area contributed by atoms with Gasteiger partial charge in [-0.15, -0.1) is 0 Å². The zero-order valence-corrected chi connectivity index (χ0v) is 51.1. The van der Waals surface area contributed by atoms with Crippen molar-refractivity contribution in [1.29, 1.82) is 0 Å². The topological polar surface area (TPSA) is 95.9 Å². The number of allylic oxidation sites excluding steroid dienone is 1. The van der Waals surface area contributed by atoms with Gasteiger partial charge < -0.3 is 20.3 Å². The smallest absolute Gasteiger partial charge is 0.305 e. The molecule has 0 aliphatic heterocycles. The first kappa shape index (κ1) is 73.6. The van der Waals surface area contributed by atoms with E-state index < -0.39 is 12.1 Å². The molecule has 0 aromatic heterocycles. The van der Waals surface area contributed by atoms with Gasteiger partial charge in [-0.1, -0.05) is 360 Å². The number of unbranched alkanes of at least 4 members (excludes halogenated alkanes) is 54. The molecule has 0 rings (SSSR count). The van der Waals surface area contributed by atoms with Crippen LogP contribution in [0.15, 0.2) is 12.2 Å². The summed E-state index contributed by atoms with van der Waals surface area (Å²) in [6.07, 6.45) is 80.0. The van der Waals surface area contributed by atoms with E-state index in [-0.39, 0.29) is 18.5 Å². The molecule has 1 amide bonds. The highest BCUT2D eigenvalue weighted by molar-refractivity contribution is 5.76. The van der Waals surface area contributed by atoms with Crippen molar-refractivity contribution in [2.24, 2.45) is 0 Å². The highest BCUT2D eigenvalue weighted by Gasteiger charge is 2.18. The molecule has 0 spiro atoms. The molecule has 6 nitrogen and oxygen atoms in total. The van der Waals surface area contributed by atoms with Crippen molar-refractivity contribution < 1.29 is 24.5 Å². The Kier molecular flexibility index (Phi) is 63.9. The first-order valence-electron chi connectivity index (χ1n) is 34.5. The van der Waals surface area contributed by atoms with Gasteiger partial charge in [0.15, 0.2) is 0 Å². The molecular weight excluding hydrogens is 923 g/mol. The standard InChI is InChI=1S/C69H135NO5/c1-3-5-7-9-11-13-15-17-19-20-31-34-37-41-45-49-53-57-61-67(72)66(65-71)70-68(73)62-58-54-50-46-42-38-35-32-29-27-25-23-21-22-24-26-28-30-33-36-40-44-48-52-56-60-64-75-69(74)63-59-55-51-47-43-39-18-16-14-12-10-8-6-4-2/h57,61,66-67,71-72H,3-56,58-60,62-65H2,1-2H3,(H,70,73)/b61-57+. The van der Waals surface area contributed by atoms with E-state index in [9.17, 15) is 19.8 Å². The van der Waals surface area contributed by atoms with Crippen LogP contribution in [0.5, 0.6) is 0 Å². The van der Waals surface area contributed by atoms with Gasteiger partial charge in [-0.2, -0.15) is 0 Å². The van der Waals surface area contributed by atoms with Crippen LogP contribution in [0.2, 0.25) is 0 Å². The van der Waals surface area contributed by atoms with Gasteiger partial charge in [0.05, 0.1) is 25.4 Å². The molecule has 0 aromatic rings. The molecule has 0 heterocycles. The molecule has 0 aliphatic carbocycles. The molecule has 0 fully saturated rings. The third-order valence-corrected chi connectivity index (χ3v) is 16.3. The number of aliphatic hydroxyl groups is 2. The lowest BCUT2D eigenvalue weighted by Crippen LogP contribution is -2.45. The SMILES string of the molecule is CCCCCCCCCCCCCCCCCC/C=C/C(O)C(CO)NC(=O)CCCCCCCCCCCCCCCCCCCCCCCCCCCCOC(=O)CCCCCCCCCCCCCCCC. The summed E-state index contributed by atoms with van der Waals surface area (Å²) in [4.78, 5) is 24.6. The molecule has 0 radical (unpaired) electrons. The van der Waals surface area contributed by atoms with Crippen LogP contribution in [-0.4, -0.2) is 47.4 Å². The predicted molar refractivity (Wildman–Crippen MR) is 329 cm³/mol. The lowest BCUT2D eigenvalue weighted by Gasteiger charge is -2.20. The Bertz CT molecular complexity index is 1130. The Morgan fingerprint density at radius 2 is 0.613 bits per heavy atom. The van der Waals surface area contributed by atoms with E-state index in [2.05, 4.69) is 19.2 Å². The van der Waals surface area contributed by atoms with Crippen molar-refractivity contribution in [3.63, 3.8) is 0 Å². The maximum atomic E-state index is 12.5. The van der Waals surface area contributed by atoms with Crippen molar-refractivity contribution >= 4 is 11.9 Å². The Hall–Kier alpha value is -1.40. The normalized spacial score (nSPS) is 12.5. The van der Waals surface area contributed by atoms with Crippen LogP contribution in [-0.2, 0) is 14.3 Å². The van der Waals surface area contributed by atoms with Crippen LogP contribution in [0.3, 0.4) is 0 Å². The van der Waals surface area contributed by atoms with Crippen molar-refractivity contribution in [1.82, 2.24) is 5.32 Å². The third kappa shape index (κ3) is 61.7. The largest absolute Gasteiger partial charge is 0.466 e. The number of rotatable bonds is 65. The number of aliphatic hydroxyl groups excluding tert-OH is 2. The minimum Gasteiger partial charge on any atom is -0.466 e. The molecule has 75 heavy (non-hydrogen) atoms. The molecule has 2 unspecified atom stereocenters. The molecule has 0 aromatic carbocycles. The van der Waals surface area contributed by atoms with Gasteiger partial charge in [-0.05, 0) is 32.1 Å². The third-order valence-electron chi connectivity index (χ3n) is 16.3. The molecule has 2 atom stereocenters. The number of carbonyl (C=O) groups excluding carboxylic acids is 2. The Labute approximate surface area is 469 Å². The fourth-order valence-corrected chi connectivity index (χ4v) is 11.1. The highest BCUT2D eigenvalue weighted by atomic mass is 16.5. The van der Waals surface area contributed by atoms with E-state index in [1.807, 2.05) is 6.08 Å². The highest BCUT2D eigenvalue weighted by Crippen LogP contribution is 2.19. The summed E-state index contributed by atoms with van der Waals surface area (Å²) < 4.78 is 5.49. The molecule has 0 saturated heterocycles. The van der Waals surface area contributed by atoms with Gasteiger partial charge in [0, 0.05) is 12.8 Å². The second-order valence-corrected chi connectivity index (χ2v) is 23.9. The van der Waals surface area contributed by atoms with Crippen LogP contribution >= 0.6 is 0 Å². The van der Waals surface area contributed by atoms with Gasteiger partial charge >= 0.3 is 5.97 Å². The zero-order valence-electron chi connectivity index (χ0n) is 51.1. The minimum atomic E-state index is -0.842. The fourth-order valence-electron chi connectivity index (χ4n) is 11.1. The molecule has 0 bridgehead atoms. The number of esters is 1. The van der Waals surface area contributed by atoms with Crippen LogP contribution < -0.4 is 5.32 Å². The monoisotopic (exact) mass is 1060 g/mol. The summed E-state index contributed by atoms with van der Waals surface area (Å²) in [6, 6.07) is -0.626. The number of nitrogens with one attached hydrogen (secondary N) is 1. The average molecular weight is 1060 g/mol. The average Bonchev–Trinajstić information content (AvgIpc) is 3.41. The van der Waals surface area contributed by atoms with E-state index in [4.69, 9.17) is 4.74 Å². The number of hydrogen-bond donors (Lipinski definition) is 3. The molecule has 0 saturated carbocycles. The van der Waals surface area contributed by atoms with Gasteiger partial charge in [-0.3, -0.25) is 9.59 Å². The summed E-state index contributed by atoms with van der Waals surface area (Å²) in [7, 11) is 0. The van der Waals surface area contributed by atoms with Crippen LogP contribution in [0, 0.1) is 0 Å². The summed E-state index contributed by atoms with van der Waals surface area (Å²) >= 11 is 0. The van der Waals surface area contributed by atoms with E-state index in [1.54, 1.807) is 6.08 Å². The Morgan fingerprint density at radius 1 is 0.360 bits per heavy atom. The maximum Gasteiger partial charge on any atom is 0.305 e. The van der Waals surface area contributed by atoms with E-state index >= 15 is 0 Å². The quantitative estimate of drug-likeness (QED) is 0.0320. The van der Waals surface area contributed by atoms with E-state index in [0.717, 1.165) is 38.5 Å². The molecular formula is C69H135NO5. The Morgan fingerprint density at radius 3 is 0.907 bits per heavy atom. The first-order valence-corrected chi connectivity index (χ1v) is 34.5. The zero-order chi connectivity index (χ0) is 54.3. The van der Waals surface area contributed by atoms with Crippen LogP contribution in [0.1, 0.15) is 393 Å². The van der Waals surface area contributed by atoms with E-state index in [0.29, 0.717) is 19.4 Å². The molecule has 6 heteroatoms. The molecule has 446 valence electrons. The summed E-state index contributed by atoms with van der Waals surface area (Å²) in [6.45, 7) is 4.95. The maximum absolute atomic E-state index is 12.5. The second-order valence-electron chi connectivity index (χ2n) is 23.9. The second kappa shape index (κ2) is 65.1. The van der Waals surface area contributed by atoms with Crippen molar-refractivity contribution in [2.45, 2.75) is 405 Å². The van der Waals surface area contributed by atoms with Gasteiger partial charge in [0.2, 0.25) is 5.91 Å². The number of ether oxygens (including phenoxy) is 1. The lowest BCUT2D eigenvalue weighted by atomic mass is 10.0. The summed E-state index contributed by atoms with van der Waals surface area (Å²) in [5, 5.41) is 23.2. The van der Waals surface area contributed by atoms with Crippen LogP contribution in [0.4, 0.5) is 0 Å². The van der Waals surface area contributed by atoms with Crippen molar-refractivity contribution in [3.8, 4) is 0 Å². The van der Waals surface area contributed by atoms with Gasteiger partial charge in [0.1, 0.15) is 0 Å².